The van der Waals surface area contributed by atoms with Crippen molar-refractivity contribution in [2.45, 2.75) is 64.8 Å². The second-order valence-corrected chi connectivity index (χ2v) is 5.32. The van der Waals surface area contributed by atoms with Gasteiger partial charge in [-0.1, -0.05) is 45.4 Å². The number of unbranched alkanes of at least 4 members (excludes halogenated alkanes) is 5. The monoisotopic (exact) mass is 290 g/mol. The predicted molar refractivity (Wildman–Crippen MR) is 77.5 cm³/mol. The van der Waals surface area contributed by atoms with Gasteiger partial charge in [-0.2, -0.15) is 0 Å². The van der Waals surface area contributed by atoms with Gasteiger partial charge in [-0.25, -0.2) is 0 Å². The Labute approximate surface area is 122 Å². The lowest BCUT2D eigenvalue weighted by atomic mass is 9.81. The van der Waals surface area contributed by atoms with Crippen molar-refractivity contribution in [2.24, 2.45) is 5.41 Å². The molecule has 0 aromatic carbocycles. The molecule has 5 heteroatoms. The van der Waals surface area contributed by atoms with Gasteiger partial charge >= 0.3 is 5.97 Å². The van der Waals surface area contributed by atoms with Crippen molar-refractivity contribution < 1.29 is 24.1 Å². The first-order valence-electron chi connectivity index (χ1n) is 7.33. The topological polar surface area (TPSA) is 65.0 Å². The van der Waals surface area contributed by atoms with Crippen LogP contribution in [0.1, 0.15) is 58.8 Å². The molecule has 0 aromatic rings. The minimum absolute atomic E-state index is 0.448. The van der Waals surface area contributed by atoms with Gasteiger partial charge in [0.1, 0.15) is 5.41 Å². The number of aliphatic carboxylic acids is 1. The number of rotatable bonds is 12. The van der Waals surface area contributed by atoms with Crippen molar-refractivity contribution in [3.63, 3.8) is 0 Å². The van der Waals surface area contributed by atoms with Gasteiger partial charge in [-0.3, -0.25) is 4.79 Å². The quantitative estimate of drug-likeness (QED) is 0.440. The first kappa shape index (κ1) is 19.4. The van der Waals surface area contributed by atoms with Gasteiger partial charge in [0, 0.05) is 21.3 Å². The number of hydrogen-bond donors (Lipinski definition) is 1. The average Bonchev–Trinajstić information content (AvgIpc) is 2.45. The van der Waals surface area contributed by atoms with Gasteiger partial charge < -0.3 is 19.3 Å². The molecule has 0 amide bonds. The summed E-state index contributed by atoms with van der Waals surface area (Å²) in [5.74, 6) is -2.53. The molecule has 0 aromatic heterocycles. The fourth-order valence-corrected chi connectivity index (χ4v) is 2.58. The van der Waals surface area contributed by atoms with Gasteiger partial charge in [-0.05, 0) is 13.3 Å². The summed E-state index contributed by atoms with van der Waals surface area (Å²) in [6.07, 6.45) is 7.03. The third-order valence-corrected chi connectivity index (χ3v) is 3.98. The molecule has 0 fully saturated rings. The fraction of sp³-hybridized carbons (Fsp3) is 0.933. The SMILES string of the molecule is CCCCCCCCC(C)(C(=O)O)C(OC)(OC)OC. The summed E-state index contributed by atoms with van der Waals surface area (Å²) in [5.41, 5.74) is -1.24. The van der Waals surface area contributed by atoms with Crippen molar-refractivity contribution >= 4 is 5.97 Å². The van der Waals surface area contributed by atoms with E-state index in [0.29, 0.717) is 6.42 Å². The predicted octanol–water partition coefficient (Wildman–Crippen LogP) is 3.42. The van der Waals surface area contributed by atoms with Crippen LogP contribution in [0.2, 0.25) is 0 Å². The molecule has 120 valence electrons. The first-order valence-corrected chi connectivity index (χ1v) is 7.33. The Morgan fingerprint density at radius 3 is 1.80 bits per heavy atom. The van der Waals surface area contributed by atoms with Gasteiger partial charge in [0.05, 0.1) is 0 Å². The molecule has 0 rings (SSSR count). The molecular formula is C15H30O5. The Balaban J connectivity index is 4.64. The molecule has 1 atom stereocenters. The van der Waals surface area contributed by atoms with Crippen LogP contribution in [0.3, 0.4) is 0 Å². The number of hydrogen-bond acceptors (Lipinski definition) is 4. The molecule has 0 spiro atoms. The number of ether oxygens (including phenoxy) is 3. The Bertz CT molecular complexity index is 267. The largest absolute Gasteiger partial charge is 0.481 e. The fourth-order valence-electron chi connectivity index (χ4n) is 2.58. The second kappa shape index (κ2) is 9.32. The van der Waals surface area contributed by atoms with E-state index in [1.807, 2.05) is 0 Å². The van der Waals surface area contributed by atoms with Crippen LogP contribution >= 0.6 is 0 Å². The molecule has 20 heavy (non-hydrogen) atoms. The summed E-state index contributed by atoms with van der Waals surface area (Å²) in [6.45, 7) is 3.78. The highest BCUT2D eigenvalue weighted by Gasteiger charge is 2.56. The third kappa shape index (κ3) is 4.43. The summed E-state index contributed by atoms with van der Waals surface area (Å²) in [5, 5.41) is 9.56. The maximum absolute atomic E-state index is 11.7. The average molecular weight is 290 g/mol. The lowest BCUT2D eigenvalue weighted by Gasteiger charge is -2.41. The molecule has 0 saturated carbocycles. The number of carboxylic acid groups (broad SMARTS) is 1. The van der Waals surface area contributed by atoms with Crippen LogP contribution in [-0.4, -0.2) is 38.4 Å². The summed E-state index contributed by atoms with van der Waals surface area (Å²) < 4.78 is 15.7. The molecule has 0 aliphatic carbocycles. The minimum Gasteiger partial charge on any atom is -0.481 e. The van der Waals surface area contributed by atoms with Gasteiger partial charge in [0.15, 0.2) is 0 Å². The summed E-state index contributed by atoms with van der Waals surface area (Å²) in [7, 11) is 4.19. The smallest absolute Gasteiger partial charge is 0.317 e. The normalized spacial score (nSPS) is 15.1. The maximum atomic E-state index is 11.7. The van der Waals surface area contributed by atoms with E-state index in [-0.39, 0.29) is 0 Å². The van der Waals surface area contributed by atoms with Crippen LogP contribution in [0.4, 0.5) is 0 Å². The molecule has 5 nitrogen and oxygen atoms in total. The Kier molecular flexibility index (Phi) is 9.01. The second-order valence-electron chi connectivity index (χ2n) is 5.32. The van der Waals surface area contributed by atoms with E-state index in [2.05, 4.69) is 6.92 Å². The summed E-state index contributed by atoms with van der Waals surface area (Å²) in [6, 6.07) is 0. The lowest BCUT2D eigenvalue weighted by molar-refractivity contribution is -0.398. The van der Waals surface area contributed by atoms with E-state index >= 15 is 0 Å². The molecule has 0 aliphatic rings. The van der Waals surface area contributed by atoms with Crippen molar-refractivity contribution in [1.29, 1.82) is 0 Å². The molecule has 0 aliphatic heterocycles. The Hall–Kier alpha value is -0.650. The van der Waals surface area contributed by atoms with Gasteiger partial charge in [0.2, 0.25) is 0 Å². The molecule has 0 saturated heterocycles. The van der Waals surface area contributed by atoms with Crippen LogP contribution in [0, 0.1) is 5.41 Å². The maximum Gasteiger partial charge on any atom is 0.317 e. The molecule has 0 bridgehead atoms. The lowest BCUT2D eigenvalue weighted by Crippen LogP contribution is -2.55. The van der Waals surface area contributed by atoms with Crippen LogP contribution in [0.15, 0.2) is 0 Å². The highest BCUT2D eigenvalue weighted by atomic mass is 16.9. The number of methoxy groups -OCH3 is 3. The zero-order chi connectivity index (χ0) is 15.6. The zero-order valence-electron chi connectivity index (χ0n) is 13.5. The first-order chi connectivity index (χ1) is 9.44. The minimum atomic E-state index is -1.55. The Morgan fingerprint density at radius 2 is 1.40 bits per heavy atom. The van der Waals surface area contributed by atoms with Crippen LogP contribution in [-0.2, 0) is 19.0 Å². The molecule has 1 unspecified atom stereocenters. The van der Waals surface area contributed by atoms with Crippen molar-refractivity contribution in [1.82, 2.24) is 0 Å². The van der Waals surface area contributed by atoms with Crippen LogP contribution in [0.25, 0.3) is 0 Å². The van der Waals surface area contributed by atoms with E-state index in [1.165, 1.54) is 40.6 Å². The zero-order valence-corrected chi connectivity index (χ0v) is 13.5. The number of carbonyl (C=O) groups is 1. The summed E-state index contributed by atoms with van der Waals surface area (Å²) in [4.78, 5) is 11.7. The van der Waals surface area contributed by atoms with E-state index in [4.69, 9.17) is 14.2 Å². The molecule has 0 radical (unpaired) electrons. The van der Waals surface area contributed by atoms with Crippen LogP contribution < -0.4 is 0 Å². The summed E-state index contributed by atoms with van der Waals surface area (Å²) >= 11 is 0. The van der Waals surface area contributed by atoms with Crippen molar-refractivity contribution in [3.05, 3.63) is 0 Å². The van der Waals surface area contributed by atoms with Gasteiger partial charge in [0.25, 0.3) is 5.97 Å². The van der Waals surface area contributed by atoms with Crippen molar-refractivity contribution in [2.75, 3.05) is 21.3 Å². The molecule has 0 heterocycles. The number of carboxylic acids is 1. The van der Waals surface area contributed by atoms with Crippen LogP contribution in [0.5, 0.6) is 0 Å². The van der Waals surface area contributed by atoms with E-state index in [0.717, 1.165) is 19.3 Å². The highest BCUT2D eigenvalue weighted by molar-refractivity contribution is 5.75. The Morgan fingerprint density at radius 1 is 0.950 bits per heavy atom. The van der Waals surface area contributed by atoms with Crippen molar-refractivity contribution in [3.8, 4) is 0 Å². The standard InChI is InChI=1S/C15H30O5/c1-6-7-8-9-10-11-12-14(2,13(16)17)15(18-3,19-4)20-5/h6-12H2,1-5H3,(H,16,17). The molecule has 1 N–H and O–H groups in total. The highest BCUT2D eigenvalue weighted by Crippen LogP contribution is 2.40. The molecular weight excluding hydrogens is 260 g/mol. The van der Waals surface area contributed by atoms with E-state index in [9.17, 15) is 9.90 Å². The van der Waals surface area contributed by atoms with Gasteiger partial charge in [-0.15, -0.1) is 0 Å². The van der Waals surface area contributed by atoms with E-state index < -0.39 is 17.4 Å². The van der Waals surface area contributed by atoms with E-state index in [1.54, 1.807) is 6.92 Å². The third-order valence-electron chi connectivity index (χ3n) is 3.98.